The van der Waals surface area contributed by atoms with Gasteiger partial charge >= 0.3 is 6.55 Å². The molecule has 0 saturated heterocycles. The molecule has 4 rings (SSSR count). The highest BCUT2D eigenvalue weighted by Crippen LogP contribution is 2.33. The molecular weight excluding hydrogens is 457 g/mol. The predicted octanol–water partition coefficient (Wildman–Crippen LogP) is 5.20. The molecule has 4 aromatic rings. The number of hydrogen-bond acceptors (Lipinski definition) is 5. The smallest absolute Gasteiger partial charge is 0.333 e. The Kier molecular flexibility index (Phi) is 6.66. The van der Waals surface area contributed by atoms with Crippen LogP contribution in [0, 0.1) is 5.82 Å². The van der Waals surface area contributed by atoms with Crippen molar-refractivity contribution in [3.63, 3.8) is 0 Å². The lowest BCUT2D eigenvalue weighted by Gasteiger charge is -2.17. The third-order valence-electron chi connectivity index (χ3n) is 5.16. The van der Waals surface area contributed by atoms with Gasteiger partial charge in [-0.3, -0.25) is 9.67 Å². The van der Waals surface area contributed by atoms with E-state index in [0.29, 0.717) is 40.2 Å². The van der Waals surface area contributed by atoms with Gasteiger partial charge in [-0.1, -0.05) is 17.7 Å². The lowest BCUT2D eigenvalue weighted by molar-refractivity contribution is 0.0568. The fraction of sp³-hybridized carbons (Fsp3) is 0.227. The third-order valence-corrected chi connectivity index (χ3v) is 5.46. The maximum Gasteiger partial charge on any atom is 0.333 e. The van der Waals surface area contributed by atoms with Crippen LogP contribution in [0.3, 0.4) is 0 Å². The van der Waals surface area contributed by atoms with Crippen molar-refractivity contribution in [2.45, 2.75) is 19.0 Å². The van der Waals surface area contributed by atoms with Gasteiger partial charge in [-0.25, -0.2) is 9.07 Å². The van der Waals surface area contributed by atoms with E-state index in [1.54, 1.807) is 36.3 Å². The summed E-state index contributed by atoms with van der Waals surface area (Å²) in [5.74, 6) is -0.609. The van der Waals surface area contributed by atoms with Gasteiger partial charge in [-0.05, 0) is 30.7 Å². The minimum absolute atomic E-state index is 0.0281. The second kappa shape index (κ2) is 9.63. The Morgan fingerprint density at radius 3 is 2.58 bits per heavy atom. The maximum atomic E-state index is 14.5. The molecular formula is C22H20ClF3N6O. The molecule has 11 heteroatoms. The monoisotopic (exact) mass is 476 g/mol. The predicted molar refractivity (Wildman–Crippen MR) is 118 cm³/mol. The van der Waals surface area contributed by atoms with Gasteiger partial charge < -0.3 is 10.5 Å². The first kappa shape index (κ1) is 22.8. The van der Waals surface area contributed by atoms with Crippen LogP contribution in [0.2, 0.25) is 5.02 Å². The van der Waals surface area contributed by atoms with Crippen LogP contribution in [-0.2, 0) is 4.74 Å². The number of halogens is 4. The molecule has 0 saturated carbocycles. The highest BCUT2D eigenvalue weighted by molar-refractivity contribution is 6.31. The Bertz CT molecular complexity index is 1240. The number of nitrogen functional groups attached to an aromatic ring is 1. The lowest BCUT2D eigenvalue weighted by atomic mass is 10.0. The number of anilines is 1. The molecule has 0 aliphatic rings. The van der Waals surface area contributed by atoms with Gasteiger partial charge in [-0.15, -0.1) is 0 Å². The second-order valence-electron chi connectivity index (χ2n) is 7.26. The summed E-state index contributed by atoms with van der Waals surface area (Å²) in [6.07, 6.45) is 6.54. The van der Waals surface area contributed by atoms with Crippen LogP contribution in [0.25, 0.3) is 22.4 Å². The maximum absolute atomic E-state index is 14.5. The van der Waals surface area contributed by atoms with Crippen LogP contribution in [-0.4, -0.2) is 38.3 Å². The average Bonchev–Trinajstić information content (AvgIpc) is 3.48. The molecule has 3 heterocycles. The first-order valence-corrected chi connectivity index (χ1v) is 10.3. The van der Waals surface area contributed by atoms with Crippen LogP contribution in [0.4, 0.5) is 18.9 Å². The van der Waals surface area contributed by atoms with Crippen molar-refractivity contribution in [1.82, 2.24) is 24.5 Å². The number of aromatic nitrogens is 5. The molecule has 172 valence electrons. The molecule has 0 aliphatic carbocycles. The van der Waals surface area contributed by atoms with Gasteiger partial charge in [0.2, 0.25) is 0 Å². The summed E-state index contributed by atoms with van der Waals surface area (Å²) < 4.78 is 47.7. The Morgan fingerprint density at radius 1 is 1.09 bits per heavy atom. The van der Waals surface area contributed by atoms with Gasteiger partial charge in [0.1, 0.15) is 0 Å². The van der Waals surface area contributed by atoms with Crippen LogP contribution in [0.5, 0.6) is 0 Å². The van der Waals surface area contributed by atoms with Crippen LogP contribution in [0.15, 0.2) is 55.1 Å². The molecule has 1 aromatic carbocycles. The highest BCUT2D eigenvalue weighted by Gasteiger charge is 2.20. The SMILES string of the molecule is COCCC(c1ccc(-c2c(N)ccc(Cl)c2F)cn1)n1cc(-c2ccn(C(F)F)n2)cn1. The quantitative estimate of drug-likeness (QED) is 0.353. The lowest BCUT2D eigenvalue weighted by Crippen LogP contribution is -2.15. The van der Waals surface area contributed by atoms with E-state index in [0.717, 1.165) is 0 Å². The molecule has 0 radical (unpaired) electrons. The number of benzene rings is 1. The van der Waals surface area contributed by atoms with Crippen molar-refractivity contribution in [3.05, 3.63) is 71.7 Å². The molecule has 1 atom stereocenters. The first-order valence-electron chi connectivity index (χ1n) is 9.95. The number of pyridine rings is 1. The van der Waals surface area contributed by atoms with Crippen molar-refractivity contribution >= 4 is 17.3 Å². The molecule has 0 spiro atoms. The zero-order valence-electron chi connectivity index (χ0n) is 17.5. The number of methoxy groups -OCH3 is 1. The van der Waals surface area contributed by atoms with Crippen molar-refractivity contribution in [2.24, 2.45) is 0 Å². The Balaban J connectivity index is 1.65. The standard InChI is InChI=1S/C22H20ClF3N6O/c1-33-9-7-19(32-12-14(11-29-32)17-6-8-31(30-17)22(25)26)18-5-2-13(10-28-18)20-16(27)4-3-15(23)21(20)24/h2-6,8,10-12,19,22H,7,9,27H2,1H3. The fourth-order valence-electron chi connectivity index (χ4n) is 3.50. The largest absolute Gasteiger partial charge is 0.398 e. The van der Waals surface area contributed by atoms with E-state index in [1.165, 1.54) is 30.6 Å². The molecule has 1 unspecified atom stereocenters. The molecule has 33 heavy (non-hydrogen) atoms. The minimum atomic E-state index is -2.72. The molecule has 2 N–H and O–H groups in total. The highest BCUT2D eigenvalue weighted by atomic mass is 35.5. The molecule has 0 aliphatic heterocycles. The Morgan fingerprint density at radius 2 is 1.91 bits per heavy atom. The summed E-state index contributed by atoms with van der Waals surface area (Å²) >= 11 is 5.90. The Hall–Kier alpha value is -3.37. The van der Waals surface area contributed by atoms with Crippen molar-refractivity contribution < 1.29 is 17.9 Å². The zero-order chi connectivity index (χ0) is 23.5. The van der Waals surface area contributed by atoms with Crippen LogP contribution in [0.1, 0.15) is 24.7 Å². The molecule has 0 bridgehead atoms. The van der Waals surface area contributed by atoms with Crippen LogP contribution < -0.4 is 5.73 Å². The van der Waals surface area contributed by atoms with E-state index >= 15 is 0 Å². The van der Waals surface area contributed by atoms with Crippen LogP contribution >= 0.6 is 11.6 Å². The van der Waals surface area contributed by atoms with Gasteiger partial charge in [0.25, 0.3) is 0 Å². The van der Waals surface area contributed by atoms with Gasteiger partial charge in [0, 0.05) is 54.7 Å². The molecule has 0 amide bonds. The van der Waals surface area contributed by atoms with Crippen molar-refractivity contribution in [2.75, 3.05) is 19.5 Å². The molecule has 3 aromatic heterocycles. The number of nitrogens with zero attached hydrogens (tertiary/aromatic N) is 5. The third kappa shape index (κ3) is 4.71. The average molecular weight is 477 g/mol. The topological polar surface area (TPSA) is 83.8 Å². The summed E-state index contributed by atoms with van der Waals surface area (Å²) in [7, 11) is 1.59. The minimum Gasteiger partial charge on any atom is -0.398 e. The number of hydrogen-bond donors (Lipinski definition) is 1. The van der Waals surface area contributed by atoms with Gasteiger partial charge in [0.05, 0.1) is 28.6 Å². The first-order chi connectivity index (χ1) is 15.9. The van der Waals surface area contributed by atoms with Crippen molar-refractivity contribution in [3.8, 4) is 22.4 Å². The number of ether oxygens (including phenoxy) is 1. The zero-order valence-corrected chi connectivity index (χ0v) is 18.3. The van der Waals surface area contributed by atoms with E-state index < -0.39 is 12.4 Å². The van der Waals surface area contributed by atoms with Gasteiger partial charge in [0.15, 0.2) is 5.82 Å². The normalized spacial score (nSPS) is 12.4. The van der Waals surface area contributed by atoms with E-state index in [9.17, 15) is 13.2 Å². The van der Waals surface area contributed by atoms with Gasteiger partial charge in [-0.2, -0.15) is 19.0 Å². The van der Waals surface area contributed by atoms with E-state index in [1.807, 2.05) is 0 Å². The number of alkyl halides is 2. The second-order valence-corrected chi connectivity index (χ2v) is 7.67. The fourth-order valence-corrected chi connectivity index (χ4v) is 3.65. The molecule has 0 fully saturated rings. The summed E-state index contributed by atoms with van der Waals surface area (Å²) in [5.41, 5.74) is 8.49. The molecule has 7 nitrogen and oxygen atoms in total. The summed E-state index contributed by atoms with van der Waals surface area (Å²) in [6, 6.07) is 7.58. The summed E-state index contributed by atoms with van der Waals surface area (Å²) in [5, 5.41) is 8.23. The van der Waals surface area contributed by atoms with E-state index in [2.05, 4.69) is 15.2 Å². The Labute approximate surface area is 192 Å². The summed E-state index contributed by atoms with van der Waals surface area (Å²) in [6.45, 7) is -2.29. The van der Waals surface area contributed by atoms with E-state index in [-0.39, 0.29) is 22.3 Å². The summed E-state index contributed by atoms with van der Waals surface area (Å²) in [4.78, 5) is 4.51. The number of nitrogens with two attached hydrogens (primary N) is 1. The number of rotatable bonds is 8. The van der Waals surface area contributed by atoms with E-state index in [4.69, 9.17) is 22.1 Å². The van der Waals surface area contributed by atoms with Crippen molar-refractivity contribution in [1.29, 1.82) is 0 Å².